The molecular weight excluding hydrogens is 248 g/mol. The van der Waals surface area contributed by atoms with E-state index in [1.54, 1.807) is 19.1 Å². The molecule has 5 heteroatoms. The largest absolute Gasteiger partial charge is 0.508 e. The standard InChI is InChI=1S/C14H16O5/c1-4-5-6-7-9(15)10-11(16)8(2)12(17)14(3,19)13(10)18/h4-7,15,17,19H,1-3H3/b5-4+,7-6+,10-9+/t14-/m1/s1. The van der Waals surface area contributed by atoms with E-state index in [1.165, 1.54) is 19.1 Å². The first kappa shape index (κ1) is 14.9. The SMILES string of the molecule is C/C=C/C=C/C(O)=C1/C(=O)C(C)=C(O)[C@@](C)(O)C1=O. The molecule has 0 aromatic carbocycles. The van der Waals surface area contributed by atoms with Gasteiger partial charge in [-0.2, -0.15) is 0 Å². The lowest BCUT2D eigenvalue weighted by atomic mass is 9.80. The number of ketones is 2. The van der Waals surface area contributed by atoms with Crippen molar-refractivity contribution in [2.24, 2.45) is 0 Å². The molecule has 19 heavy (non-hydrogen) atoms. The van der Waals surface area contributed by atoms with Gasteiger partial charge in [0, 0.05) is 5.57 Å². The van der Waals surface area contributed by atoms with E-state index in [2.05, 4.69) is 0 Å². The fourth-order valence-electron chi connectivity index (χ4n) is 1.69. The van der Waals surface area contributed by atoms with E-state index < -0.39 is 34.3 Å². The van der Waals surface area contributed by atoms with Gasteiger partial charge in [-0.3, -0.25) is 9.59 Å². The van der Waals surface area contributed by atoms with Crippen LogP contribution in [0.3, 0.4) is 0 Å². The van der Waals surface area contributed by atoms with Gasteiger partial charge in [-0.25, -0.2) is 0 Å². The molecule has 0 heterocycles. The third kappa shape index (κ3) is 2.51. The fraction of sp³-hybridized carbons (Fsp3) is 0.286. The molecule has 0 unspecified atom stereocenters. The Bertz CT molecular complexity index is 544. The quantitative estimate of drug-likeness (QED) is 0.305. The van der Waals surface area contributed by atoms with Gasteiger partial charge in [0.15, 0.2) is 11.4 Å². The van der Waals surface area contributed by atoms with Crippen LogP contribution in [0.5, 0.6) is 0 Å². The summed E-state index contributed by atoms with van der Waals surface area (Å²) >= 11 is 0. The molecule has 0 bridgehead atoms. The first-order valence-corrected chi connectivity index (χ1v) is 5.70. The van der Waals surface area contributed by atoms with Crippen molar-refractivity contribution in [2.75, 3.05) is 0 Å². The van der Waals surface area contributed by atoms with Crippen molar-refractivity contribution in [3.63, 3.8) is 0 Å². The Labute approximate surface area is 110 Å². The molecule has 102 valence electrons. The maximum absolute atomic E-state index is 12.0. The van der Waals surface area contributed by atoms with Crippen molar-refractivity contribution in [1.29, 1.82) is 0 Å². The lowest BCUT2D eigenvalue weighted by Crippen LogP contribution is -2.45. The van der Waals surface area contributed by atoms with Crippen molar-refractivity contribution in [1.82, 2.24) is 0 Å². The maximum atomic E-state index is 12.0. The van der Waals surface area contributed by atoms with Crippen LogP contribution >= 0.6 is 0 Å². The van der Waals surface area contributed by atoms with Crippen LogP contribution in [-0.2, 0) is 9.59 Å². The monoisotopic (exact) mass is 264 g/mol. The summed E-state index contributed by atoms with van der Waals surface area (Å²) in [5.41, 5.74) is -2.89. The molecule has 0 fully saturated rings. The lowest BCUT2D eigenvalue weighted by molar-refractivity contribution is -0.134. The first-order chi connectivity index (χ1) is 8.75. The molecule has 0 saturated heterocycles. The molecule has 0 aliphatic heterocycles. The topological polar surface area (TPSA) is 94.8 Å². The smallest absolute Gasteiger partial charge is 0.209 e. The second kappa shape index (κ2) is 5.24. The van der Waals surface area contributed by atoms with E-state index in [-0.39, 0.29) is 5.57 Å². The molecule has 0 saturated carbocycles. The van der Waals surface area contributed by atoms with E-state index in [9.17, 15) is 24.9 Å². The van der Waals surface area contributed by atoms with Crippen LogP contribution in [0, 0.1) is 0 Å². The zero-order valence-corrected chi connectivity index (χ0v) is 11.0. The molecular formula is C14H16O5. The van der Waals surface area contributed by atoms with Crippen molar-refractivity contribution in [2.45, 2.75) is 26.4 Å². The number of rotatable bonds is 2. The summed E-state index contributed by atoms with van der Waals surface area (Å²) < 4.78 is 0. The second-order valence-electron chi connectivity index (χ2n) is 4.35. The lowest BCUT2D eigenvalue weighted by Gasteiger charge is -2.28. The Kier molecular flexibility index (Phi) is 4.11. The van der Waals surface area contributed by atoms with Gasteiger partial charge < -0.3 is 15.3 Å². The van der Waals surface area contributed by atoms with E-state index in [1.807, 2.05) is 0 Å². The van der Waals surface area contributed by atoms with Crippen LogP contribution in [-0.4, -0.2) is 32.5 Å². The molecule has 1 aliphatic carbocycles. The maximum Gasteiger partial charge on any atom is 0.209 e. The minimum atomic E-state index is -2.20. The minimum Gasteiger partial charge on any atom is -0.508 e. The van der Waals surface area contributed by atoms with Crippen molar-refractivity contribution < 1.29 is 24.9 Å². The summed E-state index contributed by atoms with van der Waals surface area (Å²) in [5.74, 6) is -3.04. The molecule has 1 rings (SSSR count). The summed E-state index contributed by atoms with van der Waals surface area (Å²) in [4.78, 5) is 23.8. The number of carbonyl (C=O) groups excluding carboxylic acids is 2. The van der Waals surface area contributed by atoms with Crippen LogP contribution in [0.1, 0.15) is 20.8 Å². The highest BCUT2D eigenvalue weighted by Gasteiger charge is 2.47. The third-order valence-corrected chi connectivity index (χ3v) is 2.87. The van der Waals surface area contributed by atoms with Crippen LogP contribution in [0.2, 0.25) is 0 Å². The van der Waals surface area contributed by atoms with E-state index in [0.717, 1.165) is 6.92 Å². The van der Waals surface area contributed by atoms with Gasteiger partial charge in [0.2, 0.25) is 5.78 Å². The number of hydrogen-bond acceptors (Lipinski definition) is 5. The molecule has 1 aliphatic rings. The van der Waals surface area contributed by atoms with E-state index >= 15 is 0 Å². The van der Waals surface area contributed by atoms with Crippen molar-refractivity contribution in [3.05, 3.63) is 47.0 Å². The fourth-order valence-corrected chi connectivity index (χ4v) is 1.69. The van der Waals surface area contributed by atoms with Gasteiger partial charge in [-0.05, 0) is 26.8 Å². The minimum absolute atomic E-state index is 0.161. The van der Waals surface area contributed by atoms with Gasteiger partial charge >= 0.3 is 0 Å². The highest BCUT2D eigenvalue weighted by Crippen LogP contribution is 2.31. The number of allylic oxidation sites excluding steroid dienone is 5. The van der Waals surface area contributed by atoms with Crippen LogP contribution in [0.15, 0.2) is 47.0 Å². The zero-order valence-electron chi connectivity index (χ0n) is 11.0. The molecule has 3 N–H and O–H groups in total. The number of Topliss-reactive ketones (excluding diaryl/α,β-unsaturated/α-hetero) is 2. The van der Waals surface area contributed by atoms with Gasteiger partial charge in [0.25, 0.3) is 0 Å². The second-order valence-corrected chi connectivity index (χ2v) is 4.35. The van der Waals surface area contributed by atoms with Crippen LogP contribution < -0.4 is 0 Å². The number of aliphatic hydroxyl groups excluding tert-OH is 2. The normalized spacial score (nSPS) is 27.8. The summed E-state index contributed by atoms with van der Waals surface area (Å²) in [6, 6.07) is 0. The Hall–Kier alpha value is -2.14. The molecule has 5 nitrogen and oxygen atoms in total. The number of aliphatic hydroxyl groups is 3. The molecule has 0 radical (unpaired) electrons. The van der Waals surface area contributed by atoms with E-state index in [0.29, 0.717) is 0 Å². The van der Waals surface area contributed by atoms with Crippen LogP contribution in [0.4, 0.5) is 0 Å². The summed E-state index contributed by atoms with van der Waals surface area (Å²) in [5, 5.41) is 29.3. The van der Waals surface area contributed by atoms with Gasteiger partial charge in [0.1, 0.15) is 17.1 Å². The predicted octanol–water partition coefficient (Wildman–Crippen LogP) is 1.67. The Morgan fingerprint density at radius 2 is 1.84 bits per heavy atom. The van der Waals surface area contributed by atoms with Gasteiger partial charge in [-0.15, -0.1) is 0 Å². The summed E-state index contributed by atoms with van der Waals surface area (Å²) in [6.45, 7) is 4.12. The van der Waals surface area contributed by atoms with Gasteiger partial charge in [-0.1, -0.05) is 18.2 Å². The number of hydrogen-bond donors (Lipinski definition) is 3. The average molecular weight is 264 g/mol. The Morgan fingerprint density at radius 1 is 1.26 bits per heavy atom. The van der Waals surface area contributed by atoms with Crippen molar-refractivity contribution >= 4 is 11.6 Å². The molecule has 0 spiro atoms. The molecule has 0 amide bonds. The molecule has 0 aromatic heterocycles. The highest BCUT2D eigenvalue weighted by atomic mass is 16.3. The Morgan fingerprint density at radius 3 is 2.37 bits per heavy atom. The number of carbonyl (C=O) groups is 2. The van der Waals surface area contributed by atoms with E-state index in [4.69, 9.17) is 0 Å². The Balaban J connectivity index is 3.42. The summed E-state index contributed by atoms with van der Waals surface area (Å²) in [7, 11) is 0. The highest BCUT2D eigenvalue weighted by molar-refractivity contribution is 6.31. The first-order valence-electron chi connectivity index (χ1n) is 5.70. The van der Waals surface area contributed by atoms with Crippen molar-refractivity contribution in [3.8, 4) is 0 Å². The summed E-state index contributed by atoms with van der Waals surface area (Å²) in [6.07, 6.45) is 5.93. The molecule has 0 aromatic rings. The van der Waals surface area contributed by atoms with Gasteiger partial charge in [0.05, 0.1) is 0 Å². The molecule has 1 atom stereocenters. The van der Waals surface area contributed by atoms with Crippen LogP contribution in [0.25, 0.3) is 0 Å². The third-order valence-electron chi connectivity index (χ3n) is 2.87. The average Bonchev–Trinajstić information content (AvgIpc) is 2.35. The zero-order chi connectivity index (χ0) is 14.8. The predicted molar refractivity (Wildman–Crippen MR) is 69.6 cm³/mol.